The molecule has 0 aliphatic heterocycles. The second-order valence-electron chi connectivity index (χ2n) is 7.36. The molecule has 0 saturated carbocycles. The van der Waals surface area contributed by atoms with Crippen molar-refractivity contribution in [3.8, 4) is 5.75 Å². The van der Waals surface area contributed by atoms with Gasteiger partial charge < -0.3 is 19.8 Å². The van der Waals surface area contributed by atoms with Gasteiger partial charge in [0.15, 0.2) is 17.1 Å². The quantitative estimate of drug-likeness (QED) is 0.417. The number of rotatable bonds is 9. The Morgan fingerprint density at radius 2 is 1.61 bits per heavy atom. The number of benzene rings is 3. The Labute approximate surface area is 182 Å². The standard InChI is InChI=1S/C26H26N2O3/c1-30-23-13-12-21(18-27-17-20-10-6-3-7-11-20)22-16-24(31-25(22)23)26(29)28-15-14-19-8-4-2-5-9-19/h2-13,16,27H,14-15,17-18H2,1H3,(H,28,29). The van der Waals surface area contributed by atoms with E-state index in [-0.39, 0.29) is 11.7 Å². The van der Waals surface area contributed by atoms with Crippen LogP contribution in [0.5, 0.6) is 5.75 Å². The molecule has 4 rings (SSSR count). The summed E-state index contributed by atoms with van der Waals surface area (Å²) in [6.07, 6.45) is 0.769. The highest BCUT2D eigenvalue weighted by Gasteiger charge is 2.17. The zero-order valence-electron chi connectivity index (χ0n) is 17.6. The average molecular weight is 415 g/mol. The second-order valence-corrected chi connectivity index (χ2v) is 7.36. The molecule has 0 aliphatic rings. The van der Waals surface area contributed by atoms with Crippen molar-refractivity contribution < 1.29 is 13.9 Å². The summed E-state index contributed by atoms with van der Waals surface area (Å²) >= 11 is 0. The van der Waals surface area contributed by atoms with E-state index in [2.05, 4.69) is 22.8 Å². The molecule has 1 amide bonds. The van der Waals surface area contributed by atoms with Crippen LogP contribution < -0.4 is 15.4 Å². The number of nitrogens with one attached hydrogen (secondary N) is 2. The molecule has 0 bridgehead atoms. The van der Waals surface area contributed by atoms with E-state index in [1.165, 1.54) is 11.1 Å². The van der Waals surface area contributed by atoms with Crippen molar-refractivity contribution in [2.75, 3.05) is 13.7 Å². The molecule has 3 aromatic carbocycles. The summed E-state index contributed by atoms with van der Waals surface area (Å²) in [6.45, 7) is 1.96. The topological polar surface area (TPSA) is 63.5 Å². The first-order valence-corrected chi connectivity index (χ1v) is 10.4. The summed E-state index contributed by atoms with van der Waals surface area (Å²) in [5, 5.41) is 7.28. The summed E-state index contributed by atoms with van der Waals surface area (Å²) in [5.41, 5.74) is 4.05. The average Bonchev–Trinajstić information content (AvgIpc) is 3.27. The van der Waals surface area contributed by atoms with Crippen LogP contribution in [-0.4, -0.2) is 19.6 Å². The predicted molar refractivity (Wildman–Crippen MR) is 122 cm³/mol. The first kappa shape index (κ1) is 20.7. The molecule has 0 unspecified atom stereocenters. The van der Waals surface area contributed by atoms with Gasteiger partial charge in [-0.2, -0.15) is 0 Å². The molecule has 1 heterocycles. The molecular formula is C26H26N2O3. The van der Waals surface area contributed by atoms with Gasteiger partial charge in [-0.1, -0.05) is 66.7 Å². The Hall–Kier alpha value is -3.57. The van der Waals surface area contributed by atoms with Crippen LogP contribution in [0.4, 0.5) is 0 Å². The lowest BCUT2D eigenvalue weighted by Crippen LogP contribution is -2.25. The predicted octanol–water partition coefficient (Wildman–Crippen LogP) is 4.70. The van der Waals surface area contributed by atoms with Gasteiger partial charge in [0.05, 0.1) is 7.11 Å². The lowest BCUT2D eigenvalue weighted by molar-refractivity contribution is 0.0928. The first-order valence-electron chi connectivity index (χ1n) is 10.4. The van der Waals surface area contributed by atoms with E-state index in [1.54, 1.807) is 13.2 Å². The number of ether oxygens (including phenoxy) is 1. The first-order chi connectivity index (χ1) is 15.2. The van der Waals surface area contributed by atoms with Crippen LogP contribution in [0.2, 0.25) is 0 Å². The van der Waals surface area contributed by atoms with Gasteiger partial charge in [0.1, 0.15) is 0 Å². The lowest BCUT2D eigenvalue weighted by atomic mass is 10.1. The van der Waals surface area contributed by atoms with E-state index in [0.717, 1.165) is 23.9 Å². The molecule has 0 aliphatic carbocycles. The third kappa shape index (κ3) is 5.13. The highest BCUT2D eigenvalue weighted by Crippen LogP contribution is 2.31. The molecule has 31 heavy (non-hydrogen) atoms. The molecule has 5 nitrogen and oxygen atoms in total. The van der Waals surface area contributed by atoms with Gasteiger partial charge in [-0.15, -0.1) is 0 Å². The second kappa shape index (κ2) is 9.96. The number of fused-ring (bicyclic) bond motifs is 1. The number of furan rings is 1. The Kier molecular flexibility index (Phi) is 6.65. The summed E-state index contributed by atoms with van der Waals surface area (Å²) in [4.78, 5) is 12.7. The largest absolute Gasteiger partial charge is 0.493 e. The number of amides is 1. The fourth-order valence-corrected chi connectivity index (χ4v) is 3.57. The van der Waals surface area contributed by atoms with Gasteiger partial charge in [0, 0.05) is 25.0 Å². The van der Waals surface area contributed by atoms with E-state index >= 15 is 0 Å². The molecule has 5 heteroatoms. The number of methoxy groups -OCH3 is 1. The number of hydrogen-bond donors (Lipinski definition) is 2. The molecular weight excluding hydrogens is 388 g/mol. The molecule has 1 aromatic heterocycles. The molecule has 0 saturated heterocycles. The van der Waals surface area contributed by atoms with Gasteiger partial charge in [-0.05, 0) is 35.2 Å². The zero-order chi connectivity index (χ0) is 21.5. The van der Waals surface area contributed by atoms with Gasteiger partial charge >= 0.3 is 0 Å². The Morgan fingerprint density at radius 3 is 2.32 bits per heavy atom. The third-order valence-electron chi connectivity index (χ3n) is 5.21. The van der Waals surface area contributed by atoms with E-state index < -0.39 is 0 Å². The Balaban J connectivity index is 1.45. The minimum Gasteiger partial charge on any atom is -0.493 e. The third-order valence-corrected chi connectivity index (χ3v) is 5.21. The molecule has 0 fully saturated rings. The van der Waals surface area contributed by atoms with Crippen LogP contribution in [0, 0.1) is 0 Å². The van der Waals surface area contributed by atoms with Crippen LogP contribution in [0.15, 0.2) is 83.3 Å². The number of carbonyl (C=O) groups is 1. The maximum Gasteiger partial charge on any atom is 0.287 e. The van der Waals surface area contributed by atoms with Crippen LogP contribution in [0.1, 0.15) is 27.2 Å². The van der Waals surface area contributed by atoms with Gasteiger partial charge in [0.25, 0.3) is 5.91 Å². The van der Waals surface area contributed by atoms with E-state index in [0.29, 0.717) is 24.4 Å². The van der Waals surface area contributed by atoms with Crippen molar-refractivity contribution in [2.24, 2.45) is 0 Å². The van der Waals surface area contributed by atoms with Gasteiger partial charge in [0.2, 0.25) is 0 Å². The minimum absolute atomic E-state index is 0.225. The zero-order valence-corrected chi connectivity index (χ0v) is 17.6. The normalized spacial score (nSPS) is 10.9. The van der Waals surface area contributed by atoms with Crippen molar-refractivity contribution >= 4 is 16.9 Å². The minimum atomic E-state index is -0.225. The van der Waals surface area contributed by atoms with Crippen molar-refractivity contribution in [3.05, 3.63) is 101 Å². The maximum atomic E-state index is 12.7. The van der Waals surface area contributed by atoms with Crippen LogP contribution in [-0.2, 0) is 19.5 Å². The molecule has 0 spiro atoms. The highest BCUT2D eigenvalue weighted by atomic mass is 16.5. The maximum absolute atomic E-state index is 12.7. The van der Waals surface area contributed by atoms with Crippen molar-refractivity contribution in [1.29, 1.82) is 0 Å². The van der Waals surface area contributed by atoms with Gasteiger partial charge in [-0.25, -0.2) is 0 Å². The summed E-state index contributed by atoms with van der Waals surface area (Å²) in [6, 6.07) is 26.0. The van der Waals surface area contributed by atoms with Crippen LogP contribution >= 0.6 is 0 Å². The summed E-state index contributed by atoms with van der Waals surface area (Å²) in [5.74, 6) is 0.680. The molecule has 158 valence electrons. The lowest BCUT2D eigenvalue weighted by Gasteiger charge is -2.08. The smallest absolute Gasteiger partial charge is 0.287 e. The van der Waals surface area contributed by atoms with E-state index in [1.807, 2.05) is 60.7 Å². The summed E-state index contributed by atoms with van der Waals surface area (Å²) in [7, 11) is 1.60. The summed E-state index contributed by atoms with van der Waals surface area (Å²) < 4.78 is 11.3. The SMILES string of the molecule is COc1ccc(CNCc2ccccc2)c2cc(C(=O)NCCc3ccccc3)oc12. The Morgan fingerprint density at radius 1 is 0.903 bits per heavy atom. The van der Waals surface area contributed by atoms with Crippen molar-refractivity contribution in [3.63, 3.8) is 0 Å². The van der Waals surface area contributed by atoms with Crippen LogP contribution in [0.3, 0.4) is 0 Å². The molecule has 2 N–H and O–H groups in total. The fourth-order valence-electron chi connectivity index (χ4n) is 3.57. The van der Waals surface area contributed by atoms with E-state index in [9.17, 15) is 4.79 Å². The number of carbonyl (C=O) groups excluding carboxylic acids is 1. The van der Waals surface area contributed by atoms with Gasteiger partial charge in [-0.3, -0.25) is 4.79 Å². The molecule has 0 radical (unpaired) electrons. The number of hydrogen-bond acceptors (Lipinski definition) is 4. The monoisotopic (exact) mass is 414 g/mol. The van der Waals surface area contributed by atoms with Crippen LogP contribution in [0.25, 0.3) is 11.0 Å². The van der Waals surface area contributed by atoms with Crippen molar-refractivity contribution in [2.45, 2.75) is 19.5 Å². The molecule has 0 atom stereocenters. The van der Waals surface area contributed by atoms with Crippen molar-refractivity contribution in [1.82, 2.24) is 10.6 Å². The fraction of sp³-hybridized carbons (Fsp3) is 0.192. The van der Waals surface area contributed by atoms with E-state index in [4.69, 9.17) is 9.15 Å². The highest BCUT2D eigenvalue weighted by molar-refractivity contribution is 5.98. The Bertz CT molecular complexity index is 1140. The molecule has 4 aromatic rings.